The minimum absolute atomic E-state index is 0.329. The highest BCUT2D eigenvalue weighted by Crippen LogP contribution is 2.21. The van der Waals surface area contributed by atoms with Crippen LogP contribution in [0.5, 0.6) is 0 Å². The minimum Gasteiger partial charge on any atom is -0.421 e. The van der Waals surface area contributed by atoms with Gasteiger partial charge in [0.1, 0.15) is 5.82 Å². The fourth-order valence-corrected chi connectivity index (χ4v) is 2.84. The Morgan fingerprint density at radius 3 is 2.79 bits per heavy atom. The van der Waals surface area contributed by atoms with E-state index in [1.54, 1.807) is 18.2 Å². The van der Waals surface area contributed by atoms with Crippen LogP contribution in [0.4, 0.5) is 4.39 Å². The summed E-state index contributed by atoms with van der Waals surface area (Å²) in [6.45, 7) is 2.04. The summed E-state index contributed by atoms with van der Waals surface area (Å²) in [5.41, 5.74) is 2.96. The molecule has 0 spiro atoms. The van der Waals surface area contributed by atoms with Crippen molar-refractivity contribution in [3.8, 4) is 0 Å². The van der Waals surface area contributed by atoms with Crippen LogP contribution in [0.1, 0.15) is 28.5 Å². The first-order chi connectivity index (χ1) is 11.5. The molecular weight excluding hydrogens is 395 g/mol. The lowest BCUT2D eigenvalue weighted by Gasteiger charge is -2.03. The van der Waals surface area contributed by atoms with Gasteiger partial charge < -0.3 is 4.42 Å². The number of aryl methyl sites for hydroxylation is 1. The van der Waals surface area contributed by atoms with Gasteiger partial charge in [-0.05, 0) is 54.0 Å². The molecule has 2 aromatic carbocycles. The number of aromatic nitrogens is 2. The van der Waals surface area contributed by atoms with Crippen LogP contribution in [0.2, 0.25) is 5.02 Å². The van der Waals surface area contributed by atoms with Crippen LogP contribution in [-0.4, -0.2) is 10.2 Å². The second-order valence-electron chi connectivity index (χ2n) is 5.28. The van der Waals surface area contributed by atoms with Crippen LogP contribution in [0.3, 0.4) is 0 Å². The molecule has 0 N–H and O–H groups in total. The number of hydrogen-bond acceptors (Lipinski definition) is 3. The number of benzene rings is 2. The molecule has 6 heteroatoms. The van der Waals surface area contributed by atoms with Gasteiger partial charge in [0.05, 0.1) is 11.4 Å². The lowest BCUT2D eigenvalue weighted by molar-refractivity contribution is 0.496. The van der Waals surface area contributed by atoms with E-state index in [0.29, 0.717) is 28.8 Å². The monoisotopic (exact) mass is 406 g/mol. The van der Waals surface area contributed by atoms with Crippen molar-refractivity contribution in [3.63, 3.8) is 0 Å². The van der Waals surface area contributed by atoms with E-state index in [2.05, 4.69) is 26.1 Å². The first-order valence-corrected chi connectivity index (χ1v) is 8.39. The zero-order valence-corrected chi connectivity index (χ0v) is 15.1. The molecule has 3 rings (SSSR count). The van der Waals surface area contributed by atoms with Crippen LogP contribution in [0.25, 0.3) is 12.2 Å². The van der Waals surface area contributed by atoms with E-state index in [-0.39, 0.29) is 5.82 Å². The van der Waals surface area contributed by atoms with Crippen molar-refractivity contribution in [1.82, 2.24) is 10.2 Å². The lowest BCUT2D eigenvalue weighted by Crippen LogP contribution is -1.92. The Kier molecular flexibility index (Phi) is 5.11. The van der Waals surface area contributed by atoms with Gasteiger partial charge >= 0.3 is 0 Å². The van der Waals surface area contributed by atoms with Gasteiger partial charge in [-0.15, -0.1) is 10.2 Å². The third kappa shape index (κ3) is 4.10. The van der Waals surface area contributed by atoms with Gasteiger partial charge in [0, 0.05) is 10.5 Å². The maximum absolute atomic E-state index is 13.0. The smallest absolute Gasteiger partial charge is 0.240 e. The van der Waals surface area contributed by atoms with Crippen molar-refractivity contribution in [2.75, 3.05) is 0 Å². The average molecular weight is 408 g/mol. The Bertz CT molecular complexity index is 908. The zero-order valence-electron chi connectivity index (χ0n) is 12.8. The van der Waals surface area contributed by atoms with E-state index >= 15 is 0 Å². The first kappa shape index (κ1) is 16.9. The van der Waals surface area contributed by atoms with Crippen LogP contribution in [0.15, 0.2) is 45.3 Å². The Morgan fingerprint density at radius 1 is 1.17 bits per heavy atom. The summed E-state index contributed by atoms with van der Waals surface area (Å²) in [5.74, 6) is 0.528. The van der Waals surface area contributed by atoms with Crippen molar-refractivity contribution in [1.29, 1.82) is 0 Å². The summed E-state index contributed by atoms with van der Waals surface area (Å²) in [5, 5.41) is 8.38. The van der Waals surface area contributed by atoms with Crippen molar-refractivity contribution in [3.05, 3.63) is 80.2 Å². The number of nitrogens with zero attached hydrogens (tertiary/aromatic N) is 2. The topological polar surface area (TPSA) is 38.9 Å². The van der Waals surface area contributed by atoms with E-state index in [0.717, 1.165) is 15.6 Å². The molecule has 0 aliphatic rings. The van der Waals surface area contributed by atoms with Gasteiger partial charge in [-0.2, -0.15) is 0 Å². The molecule has 1 heterocycles. The maximum atomic E-state index is 13.0. The molecule has 0 aliphatic carbocycles. The molecule has 0 bridgehead atoms. The highest BCUT2D eigenvalue weighted by Gasteiger charge is 2.08. The molecule has 0 atom stereocenters. The highest BCUT2D eigenvalue weighted by atomic mass is 79.9. The predicted octanol–water partition coefficient (Wildman–Crippen LogP) is 5.69. The Hall–Kier alpha value is -1.98. The van der Waals surface area contributed by atoms with Gasteiger partial charge in [0.25, 0.3) is 0 Å². The van der Waals surface area contributed by atoms with Crippen LogP contribution < -0.4 is 0 Å². The van der Waals surface area contributed by atoms with Crippen LogP contribution in [-0.2, 0) is 6.42 Å². The van der Waals surface area contributed by atoms with Gasteiger partial charge in [-0.1, -0.05) is 39.7 Å². The van der Waals surface area contributed by atoms with Crippen molar-refractivity contribution >= 4 is 39.7 Å². The number of halogens is 3. The minimum atomic E-state index is -0.374. The third-order valence-electron chi connectivity index (χ3n) is 3.50. The number of hydrogen-bond donors (Lipinski definition) is 0. The quantitative estimate of drug-likeness (QED) is 0.557. The Balaban J connectivity index is 1.76. The average Bonchev–Trinajstić information content (AvgIpc) is 2.98. The summed E-state index contributed by atoms with van der Waals surface area (Å²) in [7, 11) is 0. The van der Waals surface area contributed by atoms with Gasteiger partial charge in [0.2, 0.25) is 11.8 Å². The molecule has 0 aliphatic heterocycles. The van der Waals surface area contributed by atoms with E-state index in [1.165, 1.54) is 12.1 Å². The van der Waals surface area contributed by atoms with Crippen molar-refractivity contribution in [2.24, 2.45) is 0 Å². The highest BCUT2D eigenvalue weighted by molar-refractivity contribution is 9.10. The summed E-state index contributed by atoms with van der Waals surface area (Å²) < 4.78 is 19.7. The zero-order chi connectivity index (χ0) is 17.1. The van der Waals surface area contributed by atoms with Crippen LogP contribution in [0, 0.1) is 12.7 Å². The molecule has 0 saturated carbocycles. The van der Waals surface area contributed by atoms with E-state index < -0.39 is 0 Å². The molecule has 0 radical (unpaired) electrons. The van der Waals surface area contributed by atoms with Gasteiger partial charge in [0.15, 0.2) is 0 Å². The fraction of sp³-hybridized carbons (Fsp3) is 0.111. The fourth-order valence-electron chi connectivity index (χ4n) is 2.20. The van der Waals surface area contributed by atoms with Crippen molar-refractivity contribution in [2.45, 2.75) is 13.3 Å². The largest absolute Gasteiger partial charge is 0.421 e. The predicted molar refractivity (Wildman–Crippen MR) is 96.3 cm³/mol. The molecular formula is C18H13BrClFN2O. The molecule has 0 saturated heterocycles. The van der Waals surface area contributed by atoms with E-state index in [9.17, 15) is 4.39 Å². The second-order valence-corrected chi connectivity index (χ2v) is 6.60. The normalized spacial score (nSPS) is 11.3. The van der Waals surface area contributed by atoms with Crippen molar-refractivity contribution < 1.29 is 8.81 Å². The molecule has 3 aromatic rings. The van der Waals surface area contributed by atoms with Gasteiger partial charge in [-0.3, -0.25) is 0 Å². The summed E-state index contributed by atoms with van der Waals surface area (Å²) in [6, 6.07) is 10.3. The number of rotatable bonds is 4. The molecule has 0 unspecified atom stereocenters. The van der Waals surface area contributed by atoms with Gasteiger partial charge in [-0.25, -0.2) is 4.39 Å². The summed E-state index contributed by atoms with van der Waals surface area (Å²) in [4.78, 5) is 0. The second kappa shape index (κ2) is 7.28. The molecule has 122 valence electrons. The lowest BCUT2D eigenvalue weighted by atomic mass is 10.1. The first-order valence-electron chi connectivity index (χ1n) is 7.22. The Morgan fingerprint density at radius 2 is 2.00 bits per heavy atom. The Labute approximate surface area is 152 Å². The summed E-state index contributed by atoms with van der Waals surface area (Å²) in [6.07, 6.45) is 3.93. The molecule has 1 aromatic heterocycles. The molecule has 0 amide bonds. The summed E-state index contributed by atoms with van der Waals surface area (Å²) >= 11 is 9.44. The SMILES string of the molecule is Cc1ccc(Br)cc1Cc1nnc(C=Cc2ccc(F)cc2Cl)o1. The maximum Gasteiger partial charge on any atom is 0.240 e. The van der Waals surface area contributed by atoms with E-state index in [4.69, 9.17) is 16.0 Å². The molecule has 3 nitrogen and oxygen atoms in total. The third-order valence-corrected chi connectivity index (χ3v) is 4.32. The molecule has 24 heavy (non-hydrogen) atoms. The van der Waals surface area contributed by atoms with E-state index in [1.807, 2.05) is 25.1 Å². The standard InChI is InChI=1S/C18H13BrClFN2O/c1-11-2-5-14(19)8-13(11)9-18-23-22-17(24-18)7-4-12-3-6-15(21)10-16(12)20/h2-8,10H,9H2,1H3. The van der Waals surface area contributed by atoms with Crippen LogP contribution >= 0.6 is 27.5 Å². The molecule has 0 fully saturated rings.